The Bertz CT molecular complexity index is 619. The lowest BCUT2D eigenvalue weighted by molar-refractivity contribution is -0.121. The van der Waals surface area contributed by atoms with Crippen LogP contribution in [-0.4, -0.2) is 59.3 Å². The van der Waals surface area contributed by atoms with E-state index < -0.39 is 0 Å². The number of nitrogens with one attached hydrogen (secondary N) is 2. The molecule has 126 valence electrons. The first-order valence-corrected chi connectivity index (χ1v) is 8.93. The molecule has 1 amide bonds. The third-order valence-corrected chi connectivity index (χ3v) is 4.01. The second-order valence-corrected chi connectivity index (χ2v) is 6.04. The highest BCUT2D eigenvalue weighted by Crippen LogP contribution is 2.18. The van der Waals surface area contributed by atoms with E-state index in [9.17, 15) is 4.79 Å². The van der Waals surface area contributed by atoms with E-state index in [1.165, 1.54) is 0 Å². The summed E-state index contributed by atoms with van der Waals surface area (Å²) in [7, 11) is 1.64. The standard InChI is InChI=1S/C15H23N5O2S/c1-22-9-7-16-11-14(21)17-12(6-10-23-2)15-19-18-13-5-3-4-8-20(13)15/h3-5,8,12,16H,6-7,9-11H2,1-2H3,(H,17,21). The zero-order valence-corrected chi connectivity index (χ0v) is 14.3. The summed E-state index contributed by atoms with van der Waals surface area (Å²) in [5.41, 5.74) is 0.782. The van der Waals surface area contributed by atoms with Crippen LogP contribution in [0.5, 0.6) is 0 Å². The first kappa shape index (κ1) is 17.7. The summed E-state index contributed by atoms with van der Waals surface area (Å²) in [5, 5.41) is 14.5. The van der Waals surface area contributed by atoms with Gasteiger partial charge in [-0.05, 0) is 30.6 Å². The SMILES string of the molecule is COCCNCC(=O)NC(CCSC)c1nnc2ccccn12. The molecule has 0 saturated carbocycles. The van der Waals surface area contributed by atoms with Crippen molar-refractivity contribution in [3.63, 3.8) is 0 Å². The number of thioether (sulfide) groups is 1. The molecular weight excluding hydrogens is 314 g/mol. The average Bonchev–Trinajstić information content (AvgIpc) is 2.99. The Labute approximate surface area is 140 Å². The lowest BCUT2D eigenvalue weighted by Crippen LogP contribution is -2.38. The lowest BCUT2D eigenvalue weighted by atomic mass is 10.2. The normalized spacial score (nSPS) is 12.4. The quantitative estimate of drug-likeness (QED) is 0.627. The van der Waals surface area contributed by atoms with Crippen molar-refractivity contribution in [1.29, 1.82) is 0 Å². The number of pyridine rings is 1. The smallest absolute Gasteiger partial charge is 0.234 e. The molecular formula is C15H23N5O2S. The van der Waals surface area contributed by atoms with Gasteiger partial charge in [0, 0.05) is 19.9 Å². The molecule has 0 aliphatic rings. The number of nitrogens with zero attached hydrogens (tertiary/aromatic N) is 3. The van der Waals surface area contributed by atoms with Crippen LogP contribution in [0.3, 0.4) is 0 Å². The molecule has 0 aliphatic carbocycles. The predicted molar refractivity (Wildman–Crippen MR) is 91.6 cm³/mol. The molecule has 2 aromatic rings. The van der Waals surface area contributed by atoms with Crippen LogP contribution in [-0.2, 0) is 9.53 Å². The van der Waals surface area contributed by atoms with Gasteiger partial charge in [-0.1, -0.05) is 6.07 Å². The van der Waals surface area contributed by atoms with Crippen molar-refractivity contribution in [2.45, 2.75) is 12.5 Å². The fraction of sp³-hybridized carbons (Fsp3) is 0.533. The molecule has 0 saturated heterocycles. The maximum absolute atomic E-state index is 12.1. The zero-order valence-electron chi connectivity index (χ0n) is 13.5. The van der Waals surface area contributed by atoms with Crippen LogP contribution in [0.15, 0.2) is 24.4 Å². The highest BCUT2D eigenvalue weighted by molar-refractivity contribution is 7.98. The molecule has 2 N–H and O–H groups in total. The van der Waals surface area contributed by atoms with Crippen LogP contribution < -0.4 is 10.6 Å². The molecule has 0 bridgehead atoms. The summed E-state index contributed by atoms with van der Waals surface area (Å²) in [5.74, 6) is 1.64. The van der Waals surface area contributed by atoms with E-state index in [1.54, 1.807) is 18.9 Å². The van der Waals surface area contributed by atoms with Crippen molar-refractivity contribution in [1.82, 2.24) is 25.2 Å². The zero-order chi connectivity index (χ0) is 16.5. The van der Waals surface area contributed by atoms with Gasteiger partial charge in [-0.25, -0.2) is 0 Å². The Kier molecular flexibility index (Phi) is 7.31. The molecule has 0 spiro atoms. The number of carbonyl (C=O) groups excluding carboxylic acids is 1. The van der Waals surface area contributed by atoms with E-state index in [2.05, 4.69) is 20.8 Å². The van der Waals surface area contributed by atoms with Crippen LogP contribution in [0.1, 0.15) is 18.3 Å². The second-order valence-electron chi connectivity index (χ2n) is 5.06. The molecule has 0 aromatic carbocycles. The molecule has 0 fully saturated rings. The van der Waals surface area contributed by atoms with Crippen molar-refractivity contribution >= 4 is 23.3 Å². The van der Waals surface area contributed by atoms with Crippen LogP contribution in [0.4, 0.5) is 0 Å². The number of rotatable bonds is 10. The molecule has 1 atom stereocenters. The van der Waals surface area contributed by atoms with Crippen molar-refractivity contribution < 1.29 is 9.53 Å². The number of ether oxygens (including phenoxy) is 1. The van der Waals surface area contributed by atoms with E-state index in [1.807, 2.05) is 35.1 Å². The predicted octanol–water partition coefficient (Wildman–Crippen LogP) is 0.876. The molecule has 1 unspecified atom stereocenters. The summed E-state index contributed by atoms with van der Waals surface area (Å²) in [4.78, 5) is 12.1. The van der Waals surface area contributed by atoms with E-state index in [0.29, 0.717) is 13.2 Å². The molecule has 0 aliphatic heterocycles. The van der Waals surface area contributed by atoms with Crippen molar-refractivity contribution in [2.24, 2.45) is 0 Å². The number of hydrogen-bond donors (Lipinski definition) is 2. The Balaban J connectivity index is 2.03. The molecule has 2 aromatic heterocycles. The minimum atomic E-state index is -0.156. The highest BCUT2D eigenvalue weighted by atomic mass is 32.2. The Morgan fingerprint density at radius 1 is 1.43 bits per heavy atom. The van der Waals surface area contributed by atoms with Gasteiger partial charge in [0.05, 0.1) is 19.2 Å². The summed E-state index contributed by atoms with van der Waals surface area (Å²) in [6.45, 7) is 1.49. The monoisotopic (exact) mass is 337 g/mol. The number of carbonyl (C=O) groups is 1. The van der Waals surface area contributed by atoms with Crippen molar-refractivity contribution in [3.8, 4) is 0 Å². The molecule has 8 heteroatoms. The summed E-state index contributed by atoms with van der Waals surface area (Å²) in [6, 6.07) is 5.59. The number of methoxy groups -OCH3 is 1. The van der Waals surface area contributed by atoms with Crippen molar-refractivity contribution in [2.75, 3.05) is 38.8 Å². The van der Waals surface area contributed by atoms with E-state index in [4.69, 9.17) is 4.74 Å². The average molecular weight is 337 g/mol. The lowest BCUT2D eigenvalue weighted by Gasteiger charge is -2.17. The molecule has 7 nitrogen and oxygen atoms in total. The number of aromatic nitrogens is 3. The summed E-state index contributed by atoms with van der Waals surface area (Å²) < 4.78 is 6.87. The summed E-state index contributed by atoms with van der Waals surface area (Å²) in [6.07, 6.45) is 4.77. The van der Waals surface area contributed by atoms with Gasteiger partial charge in [0.15, 0.2) is 11.5 Å². The number of hydrogen-bond acceptors (Lipinski definition) is 6. The minimum absolute atomic E-state index is 0.0557. The Morgan fingerprint density at radius 2 is 2.30 bits per heavy atom. The fourth-order valence-corrected chi connectivity index (χ4v) is 2.69. The maximum atomic E-state index is 12.1. The summed E-state index contributed by atoms with van der Waals surface area (Å²) >= 11 is 1.74. The van der Waals surface area contributed by atoms with Crippen LogP contribution in [0, 0.1) is 0 Å². The van der Waals surface area contributed by atoms with E-state index >= 15 is 0 Å². The van der Waals surface area contributed by atoms with Crippen LogP contribution >= 0.6 is 11.8 Å². The van der Waals surface area contributed by atoms with Gasteiger partial charge in [-0.2, -0.15) is 11.8 Å². The van der Waals surface area contributed by atoms with Gasteiger partial charge in [0.2, 0.25) is 5.91 Å². The molecule has 2 rings (SSSR count). The minimum Gasteiger partial charge on any atom is -0.383 e. The third-order valence-electron chi connectivity index (χ3n) is 3.37. The van der Waals surface area contributed by atoms with Gasteiger partial charge in [0.1, 0.15) is 0 Å². The van der Waals surface area contributed by atoms with E-state index in [0.717, 1.165) is 23.6 Å². The first-order chi connectivity index (χ1) is 11.3. The number of fused-ring (bicyclic) bond motifs is 1. The van der Waals surface area contributed by atoms with Crippen LogP contribution in [0.2, 0.25) is 0 Å². The first-order valence-electron chi connectivity index (χ1n) is 7.54. The Morgan fingerprint density at radius 3 is 3.09 bits per heavy atom. The largest absolute Gasteiger partial charge is 0.383 e. The molecule has 23 heavy (non-hydrogen) atoms. The van der Waals surface area contributed by atoms with E-state index in [-0.39, 0.29) is 18.5 Å². The van der Waals surface area contributed by atoms with Gasteiger partial charge >= 0.3 is 0 Å². The van der Waals surface area contributed by atoms with Crippen LogP contribution in [0.25, 0.3) is 5.65 Å². The highest BCUT2D eigenvalue weighted by Gasteiger charge is 2.19. The van der Waals surface area contributed by atoms with Gasteiger partial charge in [-0.3, -0.25) is 9.20 Å². The van der Waals surface area contributed by atoms with Crippen molar-refractivity contribution in [3.05, 3.63) is 30.2 Å². The molecule has 2 heterocycles. The second kappa shape index (κ2) is 9.49. The van der Waals surface area contributed by atoms with Gasteiger partial charge in [0.25, 0.3) is 0 Å². The topological polar surface area (TPSA) is 80.5 Å². The Hall–Kier alpha value is -1.64. The fourth-order valence-electron chi connectivity index (χ4n) is 2.22. The third kappa shape index (κ3) is 5.19. The maximum Gasteiger partial charge on any atom is 0.234 e. The number of amides is 1. The van der Waals surface area contributed by atoms with Gasteiger partial charge in [-0.15, -0.1) is 10.2 Å². The van der Waals surface area contributed by atoms with Gasteiger partial charge < -0.3 is 15.4 Å². The molecule has 0 radical (unpaired) electrons.